The minimum absolute atomic E-state index is 0.126. The van der Waals surface area contributed by atoms with Crippen molar-refractivity contribution < 1.29 is 13.2 Å². The molecule has 7 heteroatoms. The largest absolute Gasteiger partial charge is 0.319 e. The van der Waals surface area contributed by atoms with Crippen LogP contribution in [0.25, 0.3) is 0 Å². The molecule has 0 saturated heterocycles. The Hall–Kier alpha value is -1.89. The number of nitrogens with two attached hydrogens (primary N) is 1. The highest BCUT2D eigenvalue weighted by Crippen LogP contribution is 2.24. The fourth-order valence-electron chi connectivity index (χ4n) is 1.83. The van der Waals surface area contributed by atoms with Gasteiger partial charge in [-0.05, 0) is 12.5 Å². The Morgan fingerprint density at radius 1 is 1.26 bits per heavy atom. The van der Waals surface area contributed by atoms with Gasteiger partial charge in [-0.2, -0.15) is 0 Å². The van der Waals surface area contributed by atoms with Crippen molar-refractivity contribution in [3.05, 3.63) is 47.0 Å². The summed E-state index contributed by atoms with van der Waals surface area (Å²) in [6.07, 6.45) is 2.18. The van der Waals surface area contributed by atoms with E-state index in [4.69, 9.17) is 5.73 Å². The summed E-state index contributed by atoms with van der Waals surface area (Å²) in [5, 5.41) is 7.52. The maximum atomic E-state index is 13.7. The fraction of sp³-hybridized carbons (Fsp3) is 0.333. The summed E-state index contributed by atoms with van der Waals surface area (Å²) in [7, 11) is 0. The van der Waals surface area contributed by atoms with Gasteiger partial charge in [0.25, 0.3) is 0 Å². The van der Waals surface area contributed by atoms with Crippen LogP contribution in [0.4, 0.5) is 13.2 Å². The maximum absolute atomic E-state index is 13.7. The van der Waals surface area contributed by atoms with Crippen molar-refractivity contribution in [1.82, 2.24) is 15.0 Å². The summed E-state index contributed by atoms with van der Waals surface area (Å²) in [6, 6.07) is 1.03. The number of aromatic nitrogens is 3. The molecule has 1 heterocycles. The predicted molar refractivity (Wildman–Crippen MR) is 62.7 cm³/mol. The number of hydrogen-bond donors (Lipinski definition) is 1. The number of benzene rings is 1. The van der Waals surface area contributed by atoms with Gasteiger partial charge in [-0.1, -0.05) is 18.2 Å². The Kier molecular flexibility index (Phi) is 3.84. The van der Waals surface area contributed by atoms with Crippen molar-refractivity contribution in [2.45, 2.75) is 25.9 Å². The van der Waals surface area contributed by atoms with Crippen molar-refractivity contribution in [2.75, 3.05) is 0 Å². The van der Waals surface area contributed by atoms with E-state index in [0.717, 1.165) is 18.6 Å². The Morgan fingerprint density at radius 3 is 2.68 bits per heavy atom. The Labute approximate surface area is 108 Å². The van der Waals surface area contributed by atoms with Gasteiger partial charge in [0, 0.05) is 12.1 Å². The highest BCUT2D eigenvalue weighted by atomic mass is 19.2. The van der Waals surface area contributed by atoms with Crippen molar-refractivity contribution in [3.63, 3.8) is 0 Å². The van der Waals surface area contributed by atoms with Gasteiger partial charge in [-0.25, -0.2) is 17.9 Å². The Bertz CT molecular complexity index is 582. The van der Waals surface area contributed by atoms with Gasteiger partial charge >= 0.3 is 0 Å². The Balaban J connectivity index is 2.41. The van der Waals surface area contributed by atoms with Gasteiger partial charge in [-0.15, -0.1) is 5.10 Å². The molecule has 1 atom stereocenters. The lowest BCUT2D eigenvalue weighted by Crippen LogP contribution is -2.19. The molecule has 1 unspecified atom stereocenters. The van der Waals surface area contributed by atoms with Crippen LogP contribution < -0.4 is 5.73 Å². The quantitative estimate of drug-likeness (QED) is 0.866. The van der Waals surface area contributed by atoms with E-state index in [1.54, 1.807) is 0 Å². The van der Waals surface area contributed by atoms with Gasteiger partial charge in [0.2, 0.25) is 0 Å². The first-order chi connectivity index (χ1) is 9.06. The van der Waals surface area contributed by atoms with Gasteiger partial charge in [0.1, 0.15) is 0 Å². The molecule has 1 aromatic carbocycles. The third kappa shape index (κ3) is 2.46. The van der Waals surface area contributed by atoms with Gasteiger partial charge in [-0.3, -0.25) is 0 Å². The summed E-state index contributed by atoms with van der Waals surface area (Å²) in [4.78, 5) is 0. The predicted octanol–water partition coefficient (Wildman–Crippen LogP) is 2.15. The number of hydrogen-bond acceptors (Lipinski definition) is 3. The zero-order valence-corrected chi connectivity index (χ0v) is 10.3. The fourth-order valence-corrected chi connectivity index (χ4v) is 1.83. The van der Waals surface area contributed by atoms with Crippen LogP contribution in [0.2, 0.25) is 0 Å². The highest BCUT2D eigenvalue weighted by Gasteiger charge is 2.22. The van der Waals surface area contributed by atoms with E-state index < -0.39 is 23.5 Å². The molecule has 0 aliphatic heterocycles. The van der Waals surface area contributed by atoms with Crippen LogP contribution in [0.15, 0.2) is 18.3 Å². The summed E-state index contributed by atoms with van der Waals surface area (Å²) < 4.78 is 41.3. The first kappa shape index (κ1) is 13.5. The molecule has 4 nitrogen and oxygen atoms in total. The molecule has 0 amide bonds. The summed E-state index contributed by atoms with van der Waals surface area (Å²) in [5.41, 5.74) is 6.21. The highest BCUT2D eigenvalue weighted by molar-refractivity contribution is 5.29. The first-order valence-corrected chi connectivity index (χ1v) is 5.83. The van der Waals surface area contributed by atoms with Gasteiger partial charge in [0.15, 0.2) is 17.5 Å². The average molecular weight is 270 g/mol. The molecule has 0 aliphatic rings. The van der Waals surface area contributed by atoms with Crippen LogP contribution in [-0.4, -0.2) is 15.0 Å². The molecule has 0 aliphatic carbocycles. The van der Waals surface area contributed by atoms with E-state index in [2.05, 4.69) is 10.3 Å². The molecule has 2 N–H and O–H groups in total. The number of nitrogens with zero attached hydrogens (tertiary/aromatic N) is 3. The van der Waals surface area contributed by atoms with Crippen LogP contribution in [0, 0.1) is 17.5 Å². The minimum atomic E-state index is -1.53. The molecule has 0 fully saturated rings. The monoisotopic (exact) mass is 270 g/mol. The van der Waals surface area contributed by atoms with Crippen molar-refractivity contribution in [3.8, 4) is 0 Å². The molecule has 2 aromatic rings. The second kappa shape index (κ2) is 5.40. The molecule has 0 radical (unpaired) electrons. The van der Waals surface area contributed by atoms with Crippen LogP contribution in [-0.2, 0) is 6.54 Å². The molecule has 0 saturated carbocycles. The average Bonchev–Trinajstić information content (AvgIpc) is 2.84. The molecule has 0 bridgehead atoms. The van der Waals surface area contributed by atoms with Crippen molar-refractivity contribution in [1.29, 1.82) is 0 Å². The van der Waals surface area contributed by atoms with Crippen LogP contribution in [0.5, 0.6) is 0 Å². The smallest absolute Gasteiger partial charge is 0.194 e. The normalized spacial score (nSPS) is 12.7. The minimum Gasteiger partial charge on any atom is -0.319 e. The zero-order chi connectivity index (χ0) is 14.0. The number of rotatable bonds is 4. The van der Waals surface area contributed by atoms with Gasteiger partial charge in [0.05, 0.1) is 17.9 Å². The lowest BCUT2D eigenvalue weighted by atomic mass is 10.0. The van der Waals surface area contributed by atoms with Crippen molar-refractivity contribution in [2.24, 2.45) is 5.73 Å². The number of aryl methyl sites for hydroxylation is 1. The molecule has 19 heavy (non-hydrogen) atoms. The molecule has 1 aromatic heterocycles. The van der Waals surface area contributed by atoms with E-state index in [0.29, 0.717) is 12.2 Å². The third-order valence-electron chi connectivity index (χ3n) is 2.80. The van der Waals surface area contributed by atoms with E-state index >= 15 is 0 Å². The molecule has 2 rings (SSSR count). The third-order valence-corrected chi connectivity index (χ3v) is 2.80. The Morgan fingerprint density at radius 2 is 2.00 bits per heavy atom. The zero-order valence-electron chi connectivity index (χ0n) is 10.3. The molecule has 0 spiro atoms. The molecule has 102 valence electrons. The van der Waals surface area contributed by atoms with E-state index in [-0.39, 0.29) is 5.56 Å². The summed E-state index contributed by atoms with van der Waals surface area (Å²) in [6.45, 7) is 2.50. The topological polar surface area (TPSA) is 56.7 Å². The summed E-state index contributed by atoms with van der Waals surface area (Å²) in [5.74, 6) is -4.05. The van der Waals surface area contributed by atoms with Crippen LogP contribution in [0.3, 0.4) is 0 Å². The second-order valence-corrected chi connectivity index (χ2v) is 4.12. The SMILES string of the molecule is CCCn1nncc1C(N)c1ccc(F)c(F)c1F. The molecular formula is C12H13F3N4. The number of halogens is 3. The van der Waals surface area contributed by atoms with Crippen molar-refractivity contribution >= 4 is 0 Å². The van der Waals surface area contributed by atoms with E-state index in [1.165, 1.54) is 10.9 Å². The van der Waals surface area contributed by atoms with Crippen LogP contribution in [0.1, 0.15) is 30.6 Å². The summed E-state index contributed by atoms with van der Waals surface area (Å²) >= 11 is 0. The maximum Gasteiger partial charge on any atom is 0.194 e. The molecular weight excluding hydrogens is 257 g/mol. The second-order valence-electron chi connectivity index (χ2n) is 4.12. The lowest BCUT2D eigenvalue weighted by molar-refractivity contribution is 0.436. The first-order valence-electron chi connectivity index (χ1n) is 5.83. The van der Waals surface area contributed by atoms with Crippen LogP contribution >= 0.6 is 0 Å². The van der Waals surface area contributed by atoms with Gasteiger partial charge < -0.3 is 5.73 Å². The van der Waals surface area contributed by atoms with E-state index in [9.17, 15) is 13.2 Å². The lowest BCUT2D eigenvalue weighted by Gasteiger charge is -2.14. The standard InChI is InChI=1S/C12H13F3N4/c1-2-5-19-9(6-17-18-19)12(16)7-3-4-8(13)11(15)10(7)14/h3-4,6,12H,2,5,16H2,1H3. The van der Waals surface area contributed by atoms with E-state index in [1.807, 2.05) is 6.92 Å².